The van der Waals surface area contributed by atoms with E-state index in [1.165, 1.54) is 22.3 Å². The molecule has 0 bridgehead atoms. The number of carboxylic acids is 1. The van der Waals surface area contributed by atoms with Gasteiger partial charge >= 0.3 is 5.97 Å². The lowest BCUT2D eigenvalue weighted by atomic mass is 9.94. The Hall–Kier alpha value is -2.47. The van der Waals surface area contributed by atoms with E-state index in [9.17, 15) is 14.7 Å². The number of aromatic nitrogens is 1. The first-order chi connectivity index (χ1) is 11.0. The van der Waals surface area contributed by atoms with Gasteiger partial charge in [0.15, 0.2) is 0 Å². The topological polar surface area (TPSA) is 70.5 Å². The van der Waals surface area contributed by atoms with Gasteiger partial charge in [0.25, 0.3) is 0 Å². The number of aliphatic carboxylic acids is 1. The number of nitrogens with zero attached hydrogens (tertiary/aromatic N) is 2. The van der Waals surface area contributed by atoms with Crippen molar-refractivity contribution in [2.24, 2.45) is 0 Å². The number of carboxylic acid groups (broad SMARTS) is 1. The first kappa shape index (κ1) is 15.4. The van der Waals surface area contributed by atoms with Crippen molar-refractivity contribution in [3.05, 3.63) is 57.6 Å². The molecule has 5 nitrogen and oxygen atoms in total. The number of carbonyl (C=O) groups excluding carboxylic acids is 1. The Morgan fingerprint density at radius 2 is 2.09 bits per heavy atom. The van der Waals surface area contributed by atoms with E-state index in [2.05, 4.69) is 4.98 Å². The smallest absolute Gasteiger partial charge is 0.326 e. The predicted octanol–water partition coefficient (Wildman–Crippen LogP) is 2.50. The number of rotatable bonds is 3. The van der Waals surface area contributed by atoms with Gasteiger partial charge in [0, 0.05) is 30.1 Å². The second-order valence-corrected chi connectivity index (χ2v) is 6.67. The summed E-state index contributed by atoms with van der Waals surface area (Å²) in [4.78, 5) is 30.4. The van der Waals surface area contributed by atoms with Gasteiger partial charge in [0.1, 0.15) is 6.04 Å². The minimum atomic E-state index is -0.977. The van der Waals surface area contributed by atoms with Gasteiger partial charge in [-0.2, -0.15) is 0 Å². The van der Waals surface area contributed by atoms with Crippen molar-refractivity contribution in [1.82, 2.24) is 9.88 Å². The van der Waals surface area contributed by atoms with Crippen LogP contribution in [0.3, 0.4) is 0 Å². The molecule has 0 spiro atoms. The summed E-state index contributed by atoms with van der Waals surface area (Å²) in [5.41, 5.74) is 1.99. The number of amides is 1. The van der Waals surface area contributed by atoms with E-state index in [1.54, 1.807) is 12.3 Å². The number of hydrogen-bond acceptors (Lipinski definition) is 4. The molecule has 0 saturated carbocycles. The molecule has 1 amide bonds. The first-order valence-electron chi connectivity index (χ1n) is 7.25. The molecule has 0 saturated heterocycles. The zero-order valence-electron chi connectivity index (χ0n) is 12.6. The fourth-order valence-corrected chi connectivity index (χ4v) is 3.37. The second kappa shape index (κ2) is 6.34. The van der Waals surface area contributed by atoms with Crippen molar-refractivity contribution in [2.45, 2.75) is 25.9 Å². The highest BCUT2D eigenvalue weighted by atomic mass is 32.1. The number of hydrogen-bond donors (Lipinski definition) is 1. The average Bonchev–Trinajstić information content (AvgIpc) is 2.96. The molecule has 1 aliphatic rings. The van der Waals surface area contributed by atoms with Gasteiger partial charge in [-0.25, -0.2) is 9.78 Å². The summed E-state index contributed by atoms with van der Waals surface area (Å²) < 4.78 is 0. The summed E-state index contributed by atoms with van der Waals surface area (Å²) in [7, 11) is 0. The minimum Gasteiger partial charge on any atom is -0.480 e. The maximum Gasteiger partial charge on any atom is 0.326 e. The third-order valence-electron chi connectivity index (χ3n) is 3.85. The molecule has 0 fully saturated rings. The summed E-state index contributed by atoms with van der Waals surface area (Å²) >= 11 is 1.49. The fraction of sp³-hybridized carbons (Fsp3) is 0.235. The Labute approximate surface area is 137 Å². The van der Waals surface area contributed by atoms with Crippen LogP contribution in [-0.2, 0) is 22.6 Å². The Bertz CT molecular complexity index is 782. The van der Waals surface area contributed by atoms with Gasteiger partial charge in [-0.05, 0) is 24.1 Å². The summed E-state index contributed by atoms with van der Waals surface area (Å²) in [6.45, 7) is 2.21. The normalized spacial score (nSPS) is 17.3. The fourth-order valence-electron chi connectivity index (χ4n) is 2.68. The monoisotopic (exact) mass is 328 g/mol. The molecule has 1 aliphatic heterocycles. The maximum absolute atomic E-state index is 12.5. The molecular weight excluding hydrogens is 312 g/mol. The second-order valence-electron chi connectivity index (χ2n) is 5.41. The molecule has 1 aromatic carbocycles. The minimum absolute atomic E-state index is 0.294. The van der Waals surface area contributed by atoms with Crippen molar-refractivity contribution < 1.29 is 14.7 Å². The van der Waals surface area contributed by atoms with Crippen LogP contribution in [0, 0.1) is 6.92 Å². The lowest BCUT2D eigenvalue weighted by molar-refractivity contribution is -0.149. The van der Waals surface area contributed by atoms with E-state index in [0.717, 1.165) is 21.0 Å². The zero-order chi connectivity index (χ0) is 16.4. The molecule has 0 radical (unpaired) electrons. The highest BCUT2D eigenvalue weighted by Gasteiger charge is 2.33. The van der Waals surface area contributed by atoms with Crippen molar-refractivity contribution in [3.63, 3.8) is 0 Å². The Kier molecular flexibility index (Phi) is 4.25. The van der Waals surface area contributed by atoms with Crippen LogP contribution in [0.5, 0.6) is 0 Å². The van der Waals surface area contributed by atoms with E-state index in [4.69, 9.17) is 0 Å². The highest BCUT2D eigenvalue weighted by molar-refractivity contribution is 7.12. The van der Waals surface area contributed by atoms with Crippen LogP contribution < -0.4 is 0 Å². The summed E-state index contributed by atoms with van der Waals surface area (Å²) in [5.74, 6) is -1.27. The summed E-state index contributed by atoms with van der Waals surface area (Å²) in [6, 6.07) is 6.82. The van der Waals surface area contributed by atoms with E-state index in [1.807, 2.05) is 31.2 Å². The van der Waals surface area contributed by atoms with Gasteiger partial charge in [-0.15, -0.1) is 11.3 Å². The van der Waals surface area contributed by atoms with E-state index < -0.39 is 12.0 Å². The van der Waals surface area contributed by atoms with Crippen LogP contribution >= 0.6 is 11.3 Å². The van der Waals surface area contributed by atoms with Gasteiger partial charge in [0.2, 0.25) is 5.91 Å². The van der Waals surface area contributed by atoms with Crippen LogP contribution in [0.1, 0.15) is 21.0 Å². The standard InChI is InChI=1S/C17H16N2O3S/c1-11-18-9-14(23-11)6-7-16(20)19-10-13-5-3-2-4-12(13)8-15(19)17(21)22/h2-7,9,15H,8,10H2,1H3,(H,21,22)/b7-6+. The van der Waals surface area contributed by atoms with Crippen molar-refractivity contribution in [3.8, 4) is 0 Å². The van der Waals surface area contributed by atoms with E-state index in [-0.39, 0.29) is 5.91 Å². The highest BCUT2D eigenvalue weighted by Crippen LogP contribution is 2.24. The number of fused-ring (bicyclic) bond motifs is 1. The van der Waals surface area contributed by atoms with Crippen LogP contribution in [0.25, 0.3) is 6.08 Å². The zero-order valence-corrected chi connectivity index (χ0v) is 13.4. The van der Waals surface area contributed by atoms with Crippen molar-refractivity contribution in [2.75, 3.05) is 0 Å². The Morgan fingerprint density at radius 3 is 2.74 bits per heavy atom. The maximum atomic E-state index is 12.5. The van der Waals surface area contributed by atoms with Crippen LogP contribution in [0.4, 0.5) is 0 Å². The van der Waals surface area contributed by atoms with Gasteiger partial charge < -0.3 is 10.0 Å². The first-order valence-corrected chi connectivity index (χ1v) is 8.07. The lowest BCUT2D eigenvalue weighted by Gasteiger charge is -2.33. The van der Waals surface area contributed by atoms with Crippen LogP contribution in [0.2, 0.25) is 0 Å². The molecular formula is C17H16N2O3S. The third kappa shape index (κ3) is 3.32. The summed E-state index contributed by atoms with van der Waals surface area (Å²) in [5, 5.41) is 10.4. The molecule has 3 rings (SSSR count). The number of benzene rings is 1. The van der Waals surface area contributed by atoms with Gasteiger partial charge in [-0.1, -0.05) is 24.3 Å². The molecule has 2 heterocycles. The summed E-state index contributed by atoms with van der Waals surface area (Å²) in [6.07, 6.45) is 5.15. The molecule has 0 aliphatic carbocycles. The van der Waals surface area contributed by atoms with Gasteiger partial charge in [0.05, 0.1) is 5.01 Å². The predicted molar refractivity (Wildman–Crippen MR) is 88.0 cm³/mol. The molecule has 23 heavy (non-hydrogen) atoms. The molecule has 1 aromatic heterocycles. The van der Waals surface area contributed by atoms with Crippen LogP contribution in [-0.4, -0.2) is 32.9 Å². The van der Waals surface area contributed by atoms with E-state index in [0.29, 0.717) is 13.0 Å². The number of carbonyl (C=O) groups is 2. The number of aryl methyl sites for hydroxylation is 1. The van der Waals surface area contributed by atoms with E-state index >= 15 is 0 Å². The molecule has 1 atom stereocenters. The Balaban J connectivity index is 1.83. The molecule has 6 heteroatoms. The molecule has 1 N–H and O–H groups in total. The average molecular weight is 328 g/mol. The molecule has 2 aromatic rings. The Morgan fingerprint density at radius 1 is 1.35 bits per heavy atom. The number of thiazole rings is 1. The van der Waals surface area contributed by atoms with Gasteiger partial charge in [-0.3, -0.25) is 4.79 Å². The van der Waals surface area contributed by atoms with Crippen molar-refractivity contribution in [1.29, 1.82) is 0 Å². The van der Waals surface area contributed by atoms with Crippen LogP contribution in [0.15, 0.2) is 36.5 Å². The quantitative estimate of drug-likeness (QED) is 0.879. The molecule has 118 valence electrons. The largest absolute Gasteiger partial charge is 0.480 e. The lowest BCUT2D eigenvalue weighted by Crippen LogP contribution is -2.48. The van der Waals surface area contributed by atoms with Crippen molar-refractivity contribution >= 4 is 29.3 Å². The molecule has 1 unspecified atom stereocenters. The third-order valence-corrected chi connectivity index (χ3v) is 4.72. The SMILES string of the molecule is Cc1ncc(/C=C/C(=O)N2Cc3ccccc3CC2C(=O)O)s1.